The quantitative estimate of drug-likeness (QED) is 0.550. The maximum atomic E-state index is 14.6. The first-order valence-electron chi connectivity index (χ1n) is 7.98. The zero-order valence-electron chi connectivity index (χ0n) is 13.0. The molecule has 0 bridgehead atoms. The first-order valence-corrected chi connectivity index (χ1v) is 7.98. The molecule has 0 aliphatic heterocycles. The second kappa shape index (κ2) is 6.07. The van der Waals surface area contributed by atoms with E-state index in [4.69, 9.17) is 4.42 Å². The van der Waals surface area contributed by atoms with Gasteiger partial charge >= 0.3 is 0 Å². The van der Waals surface area contributed by atoms with Gasteiger partial charge in [0.25, 0.3) is 0 Å². The van der Waals surface area contributed by atoms with Gasteiger partial charge in [-0.15, -0.1) is 0 Å². The third-order valence-corrected chi connectivity index (χ3v) is 4.17. The van der Waals surface area contributed by atoms with Crippen LogP contribution in [0, 0.1) is 11.6 Å². The maximum Gasteiger partial charge on any atom is 0.171 e. The Morgan fingerprint density at radius 3 is 2.36 bits per heavy atom. The van der Waals surface area contributed by atoms with Crippen LogP contribution >= 0.6 is 0 Å². The lowest BCUT2D eigenvalue weighted by atomic mass is 10.00. The molecule has 0 amide bonds. The molecule has 0 aliphatic rings. The predicted molar refractivity (Wildman–Crippen MR) is 86.2 cm³/mol. The molecule has 3 aromatic rings. The van der Waals surface area contributed by atoms with Crippen molar-refractivity contribution in [3.05, 3.63) is 47.0 Å². The molecule has 0 unspecified atom stereocenters. The summed E-state index contributed by atoms with van der Waals surface area (Å²) in [5, 5.41) is 1.41. The van der Waals surface area contributed by atoms with E-state index in [1.54, 1.807) is 12.1 Å². The summed E-state index contributed by atoms with van der Waals surface area (Å²) in [5.74, 6) is -0.778. The van der Waals surface area contributed by atoms with Crippen molar-refractivity contribution in [1.29, 1.82) is 0 Å². The number of furan rings is 1. The van der Waals surface area contributed by atoms with Crippen LogP contribution in [0.5, 0.6) is 0 Å². The highest BCUT2D eigenvalue weighted by Gasteiger charge is 2.18. The minimum Gasteiger partial charge on any atom is -0.450 e. The molecule has 0 fully saturated rings. The normalized spacial score (nSPS) is 11.6. The molecule has 3 heteroatoms. The van der Waals surface area contributed by atoms with Crippen LogP contribution in [0.25, 0.3) is 21.9 Å². The van der Waals surface area contributed by atoms with Crippen LogP contribution in [0.2, 0.25) is 0 Å². The smallest absolute Gasteiger partial charge is 0.171 e. The van der Waals surface area contributed by atoms with E-state index in [-0.39, 0.29) is 17.0 Å². The second-order valence-electron chi connectivity index (χ2n) is 5.78. The second-order valence-corrected chi connectivity index (χ2v) is 5.78. The van der Waals surface area contributed by atoms with Crippen molar-refractivity contribution in [3.63, 3.8) is 0 Å². The van der Waals surface area contributed by atoms with Crippen LogP contribution in [0.1, 0.15) is 44.2 Å². The molecule has 0 aliphatic carbocycles. The molecule has 1 heterocycles. The molecular formula is C19H20F2O. The lowest BCUT2D eigenvalue weighted by molar-refractivity contribution is 0.550. The highest BCUT2D eigenvalue weighted by atomic mass is 19.1. The fraction of sp³-hybridized carbons (Fsp3) is 0.368. The van der Waals surface area contributed by atoms with Crippen molar-refractivity contribution in [3.8, 4) is 0 Å². The lowest BCUT2D eigenvalue weighted by Crippen LogP contribution is -1.90. The van der Waals surface area contributed by atoms with Gasteiger partial charge in [0.1, 0.15) is 0 Å². The van der Waals surface area contributed by atoms with Gasteiger partial charge in [0.15, 0.2) is 22.8 Å². The number of benzene rings is 2. The SMILES string of the molecule is CCCCc1ccc(F)c2oc3c(F)c(CCC)ccc3c12. The van der Waals surface area contributed by atoms with E-state index in [0.717, 1.165) is 36.6 Å². The van der Waals surface area contributed by atoms with E-state index >= 15 is 0 Å². The highest BCUT2D eigenvalue weighted by molar-refractivity contribution is 6.07. The standard InChI is InChI=1S/C19H20F2O/c1-3-5-7-12-9-11-15(20)19-16(12)14-10-8-13(6-4-2)17(21)18(14)22-19/h8-11H,3-7H2,1-2H3. The van der Waals surface area contributed by atoms with E-state index in [9.17, 15) is 8.78 Å². The average Bonchev–Trinajstić information content (AvgIpc) is 2.91. The van der Waals surface area contributed by atoms with E-state index < -0.39 is 5.82 Å². The minimum absolute atomic E-state index is 0.177. The van der Waals surface area contributed by atoms with Crippen molar-refractivity contribution in [2.45, 2.75) is 46.0 Å². The Labute approximate surface area is 128 Å². The fourth-order valence-corrected chi connectivity index (χ4v) is 3.03. The van der Waals surface area contributed by atoms with Crippen LogP contribution in [0.15, 0.2) is 28.7 Å². The Kier molecular flexibility index (Phi) is 4.14. The van der Waals surface area contributed by atoms with Crippen molar-refractivity contribution < 1.29 is 13.2 Å². The van der Waals surface area contributed by atoms with Gasteiger partial charge in [-0.2, -0.15) is 0 Å². The molecule has 22 heavy (non-hydrogen) atoms. The lowest BCUT2D eigenvalue weighted by Gasteiger charge is -2.03. The first kappa shape index (κ1) is 15.0. The summed E-state index contributed by atoms with van der Waals surface area (Å²) in [6.45, 7) is 4.12. The largest absolute Gasteiger partial charge is 0.450 e. The molecule has 0 radical (unpaired) electrons. The number of rotatable bonds is 5. The van der Waals surface area contributed by atoms with Gasteiger partial charge in [-0.3, -0.25) is 0 Å². The molecule has 0 saturated heterocycles. The van der Waals surface area contributed by atoms with Gasteiger partial charge in [0, 0.05) is 10.8 Å². The van der Waals surface area contributed by atoms with Crippen molar-refractivity contribution in [2.24, 2.45) is 0 Å². The molecule has 116 valence electrons. The molecular weight excluding hydrogens is 282 g/mol. The van der Waals surface area contributed by atoms with Crippen molar-refractivity contribution in [2.75, 3.05) is 0 Å². The van der Waals surface area contributed by atoms with E-state index in [1.807, 2.05) is 13.0 Å². The Hall–Kier alpha value is -1.90. The summed E-state index contributed by atoms with van der Waals surface area (Å²) in [6.07, 6.45) is 4.44. The van der Waals surface area contributed by atoms with Crippen molar-refractivity contribution >= 4 is 21.9 Å². The molecule has 0 saturated carbocycles. The monoisotopic (exact) mass is 302 g/mol. The fourth-order valence-electron chi connectivity index (χ4n) is 3.03. The molecule has 0 N–H and O–H groups in total. The third-order valence-electron chi connectivity index (χ3n) is 4.17. The number of halogens is 2. The zero-order valence-corrected chi connectivity index (χ0v) is 13.0. The Morgan fingerprint density at radius 1 is 0.864 bits per heavy atom. The van der Waals surface area contributed by atoms with Gasteiger partial charge in [-0.25, -0.2) is 8.78 Å². The van der Waals surface area contributed by atoms with Gasteiger partial charge in [-0.05, 0) is 42.5 Å². The Bertz CT molecular complexity index is 817. The van der Waals surface area contributed by atoms with E-state index in [1.165, 1.54) is 6.07 Å². The van der Waals surface area contributed by atoms with Crippen molar-refractivity contribution in [1.82, 2.24) is 0 Å². The molecule has 1 aromatic heterocycles. The van der Waals surface area contributed by atoms with E-state index in [0.29, 0.717) is 17.4 Å². The Morgan fingerprint density at radius 2 is 1.64 bits per heavy atom. The van der Waals surface area contributed by atoms with E-state index in [2.05, 4.69) is 6.92 Å². The summed E-state index contributed by atoms with van der Waals surface area (Å²) in [7, 11) is 0. The summed E-state index contributed by atoms with van der Waals surface area (Å²) < 4.78 is 34.3. The van der Waals surface area contributed by atoms with Crippen LogP contribution in [0.3, 0.4) is 0 Å². The average molecular weight is 302 g/mol. The number of hydrogen-bond donors (Lipinski definition) is 0. The van der Waals surface area contributed by atoms with Crippen LogP contribution in [-0.4, -0.2) is 0 Å². The van der Waals surface area contributed by atoms with Gasteiger partial charge < -0.3 is 4.42 Å². The zero-order chi connectivity index (χ0) is 15.7. The van der Waals surface area contributed by atoms with Gasteiger partial charge in [0.2, 0.25) is 0 Å². The Balaban J connectivity index is 2.29. The highest BCUT2D eigenvalue weighted by Crippen LogP contribution is 2.36. The maximum absolute atomic E-state index is 14.6. The number of fused-ring (bicyclic) bond motifs is 3. The van der Waals surface area contributed by atoms with Crippen LogP contribution in [0.4, 0.5) is 8.78 Å². The number of hydrogen-bond acceptors (Lipinski definition) is 1. The molecule has 1 nitrogen and oxygen atoms in total. The van der Waals surface area contributed by atoms with Crippen LogP contribution < -0.4 is 0 Å². The van der Waals surface area contributed by atoms with Crippen LogP contribution in [-0.2, 0) is 12.8 Å². The summed E-state index contributed by atoms with van der Waals surface area (Å²) >= 11 is 0. The molecule has 3 rings (SSSR count). The number of unbranched alkanes of at least 4 members (excludes halogenated alkanes) is 1. The van der Waals surface area contributed by atoms with Gasteiger partial charge in [0.05, 0.1) is 0 Å². The van der Waals surface area contributed by atoms with Gasteiger partial charge in [-0.1, -0.05) is 38.8 Å². The minimum atomic E-state index is -0.428. The predicted octanol–water partition coefficient (Wildman–Crippen LogP) is 6.16. The summed E-state index contributed by atoms with van der Waals surface area (Å²) in [5.41, 5.74) is 2.02. The topological polar surface area (TPSA) is 13.1 Å². The summed E-state index contributed by atoms with van der Waals surface area (Å²) in [6, 6.07) is 6.87. The third kappa shape index (κ3) is 2.39. The molecule has 0 atom stereocenters. The summed E-state index contributed by atoms with van der Waals surface area (Å²) in [4.78, 5) is 0. The number of aryl methyl sites for hydroxylation is 2. The molecule has 0 spiro atoms. The first-order chi connectivity index (χ1) is 10.7. The molecule has 2 aromatic carbocycles.